The highest BCUT2D eigenvalue weighted by Gasteiger charge is 2.23. The topological polar surface area (TPSA) is 104 Å². The summed E-state index contributed by atoms with van der Waals surface area (Å²) in [4.78, 5) is 43.2. The summed E-state index contributed by atoms with van der Waals surface area (Å²) >= 11 is 0. The van der Waals surface area contributed by atoms with Gasteiger partial charge in [0.1, 0.15) is 6.73 Å². The number of hydrogen-bond donors (Lipinski definition) is 1. The number of rotatable bonds is 10. The van der Waals surface area contributed by atoms with Gasteiger partial charge in [0.15, 0.2) is 0 Å². The van der Waals surface area contributed by atoms with Crippen LogP contribution >= 0.6 is 0 Å². The van der Waals surface area contributed by atoms with Gasteiger partial charge < -0.3 is 14.8 Å². The number of nitrogens with zero attached hydrogens (tertiary/aromatic N) is 3. The maximum Gasteiger partial charge on any atom is 0.337 e. The van der Waals surface area contributed by atoms with Crippen molar-refractivity contribution in [2.24, 2.45) is 0 Å². The normalized spacial score (nSPS) is 11.5. The number of hydrogen-bond acceptors (Lipinski definition) is 6. The third kappa shape index (κ3) is 5.91. The molecule has 0 bridgehead atoms. The van der Waals surface area contributed by atoms with Gasteiger partial charge in [0.2, 0.25) is 11.7 Å². The molecule has 9 nitrogen and oxygen atoms in total. The number of esters is 1. The first-order valence-electron chi connectivity index (χ1n) is 12.3. The summed E-state index contributed by atoms with van der Waals surface area (Å²) < 4.78 is 14.3. The molecule has 0 spiro atoms. The molecular formula is C27H36N4O5Si. The lowest BCUT2D eigenvalue weighted by molar-refractivity contribution is -0.111. The zero-order chi connectivity index (χ0) is 27.5. The number of amides is 1. The van der Waals surface area contributed by atoms with Gasteiger partial charge in [-0.1, -0.05) is 39.2 Å². The Kier molecular flexibility index (Phi) is 8.55. The molecular weight excluding hydrogens is 488 g/mol. The number of fused-ring (bicyclic) bond motifs is 1. The molecule has 2 aromatic heterocycles. The van der Waals surface area contributed by atoms with Crippen LogP contribution < -0.4 is 10.9 Å². The van der Waals surface area contributed by atoms with Crippen molar-refractivity contribution in [3.8, 4) is 11.1 Å². The van der Waals surface area contributed by atoms with Crippen LogP contribution in [0.1, 0.15) is 34.4 Å². The van der Waals surface area contributed by atoms with Crippen molar-refractivity contribution >= 4 is 31.4 Å². The van der Waals surface area contributed by atoms with Crippen LogP contribution in [-0.2, 0) is 27.4 Å². The van der Waals surface area contributed by atoms with Crippen molar-refractivity contribution in [3.63, 3.8) is 0 Å². The van der Waals surface area contributed by atoms with Crippen molar-refractivity contribution in [1.82, 2.24) is 14.0 Å². The summed E-state index contributed by atoms with van der Waals surface area (Å²) in [5.41, 5.74) is 3.31. The van der Waals surface area contributed by atoms with Crippen molar-refractivity contribution in [2.45, 2.75) is 59.6 Å². The van der Waals surface area contributed by atoms with Gasteiger partial charge in [0, 0.05) is 37.3 Å². The molecule has 0 unspecified atom stereocenters. The van der Waals surface area contributed by atoms with Crippen molar-refractivity contribution in [2.75, 3.05) is 19.0 Å². The smallest absolute Gasteiger partial charge is 0.337 e. The van der Waals surface area contributed by atoms with Gasteiger partial charge in [0.05, 0.1) is 23.9 Å². The molecule has 0 fully saturated rings. The summed E-state index contributed by atoms with van der Waals surface area (Å²) in [5, 5.41) is 2.72. The minimum atomic E-state index is -1.23. The molecule has 0 saturated carbocycles. The average molecular weight is 525 g/mol. The van der Waals surface area contributed by atoms with Gasteiger partial charge in [-0.2, -0.15) is 0 Å². The number of ether oxygens (including phenoxy) is 2. The number of carbonyl (C=O) groups is 2. The highest BCUT2D eigenvalue weighted by Crippen LogP contribution is 2.30. The molecule has 1 aromatic carbocycles. The molecule has 0 aliphatic carbocycles. The Morgan fingerprint density at radius 1 is 1.19 bits per heavy atom. The fourth-order valence-electron chi connectivity index (χ4n) is 4.05. The predicted octanol–water partition coefficient (Wildman–Crippen LogP) is 4.57. The van der Waals surface area contributed by atoms with E-state index in [0.717, 1.165) is 23.5 Å². The Bertz CT molecular complexity index is 1420. The van der Waals surface area contributed by atoms with E-state index in [-0.39, 0.29) is 11.1 Å². The monoisotopic (exact) mass is 524 g/mol. The largest absolute Gasteiger partial charge is 0.465 e. The standard InChI is InChI=1S/C27H36N4O5Si/c1-9-21-24(20-12-11-19(26(34)35-5)15-22(20)28-23(32)10-2)25(33)31-18(4)17(3)30(27(31)29-21)16-36-13-14-37(6,7)8/h10-12,15H,2,9,13-14,16H2,1,3-8H3,(H,28,32). The summed E-state index contributed by atoms with van der Waals surface area (Å²) in [6.45, 7) is 17.1. The van der Waals surface area contributed by atoms with E-state index in [9.17, 15) is 14.4 Å². The van der Waals surface area contributed by atoms with E-state index in [2.05, 4.69) is 31.5 Å². The number of imidazole rings is 1. The second-order valence-electron chi connectivity index (χ2n) is 10.1. The van der Waals surface area contributed by atoms with Crippen LogP contribution in [-0.4, -0.2) is 47.6 Å². The molecule has 2 heterocycles. The molecule has 3 rings (SSSR count). The highest BCUT2D eigenvalue weighted by atomic mass is 28.3. The lowest BCUT2D eigenvalue weighted by Gasteiger charge is -2.16. The molecule has 10 heteroatoms. The fraction of sp³-hybridized carbons (Fsp3) is 0.407. The van der Waals surface area contributed by atoms with E-state index in [1.165, 1.54) is 13.2 Å². The molecule has 0 radical (unpaired) electrons. The Hall–Kier alpha value is -3.50. The SMILES string of the molecule is C=CC(=O)Nc1cc(C(=O)OC)ccc1-c1c(CC)nc2n(COCC[Si](C)(C)C)c(C)c(C)n2c1=O. The number of nitrogens with one attached hydrogen (secondary N) is 1. The van der Waals surface area contributed by atoms with Crippen molar-refractivity contribution < 1.29 is 19.1 Å². The summed E-state index contributed by atoms with van der Waals surface area (Å²) in [5.74, 6) is -0.514. The molecule has 0 aliphatic heterocycles. The molecule has 198 valence electrons. The Morgan fingerprint density at radius 3 is 2.49 bits per heavy atom. The van der Waals surface area contributed by atoms with Gasteiger partial charge >= 0.3 is 5.97 Å². The Labute approximate surface area is 218 Å². The van der Waals surface area contributed by atoms with Crippen LogP contribution in [0.4, 0.5) is 5.69 Å². The van der Waals surface area contributed by atoms with Crippen LogP contribution in [0.5, 0.6) is 0 Å². The second-order valence-corrected chi connectivity index (χ2v) is 15.7. The summed E-state index contributed by atoms with van der Waals surface area (Å²) in [6, 6.07) is 5.73. The zero-order valence-corrected chi connectivity index (χ0v) is 23.7. The number of benzene rings is 1. The third-order valence-electron chi connectivity index (χ3n) is 6.35. The highest BCUT2D eigenvalue weighted by molar-refractivity contribution is 6.76. The number of carbonyl (C=O) groups excluding carboxylic acids is 2. The van der Waals surface area contributed by atoms with Crippen LogP contribution in [0.15, 0.2) is 35.6 Å². The lowest BCUT2D eigenvalue weighted by atomic mass is 9.99. The molecule has 37 heavy (non-hydrogen) atoms. The van der Waals surface area contributed by atoms with E-state index in [0.29, 0.717) is 48.0 Å². The van der Waals surface area contributed by atoms with Gasteiger partial charge in [-0.05, 0) is 44.5 Å². The number of aryl methyl sites for hydroxylation is 2. The van der Waals surface area contributed by atoms with Gasteiger partial charge in [-0.25, -0.2) is 14.2 Å². The number of methoxy groups -OCH3 is 1. The van der Waals surface area contributed by atoms with Crippen LogP contribution in [0.25, 0.3) is 16.9 Å². The molecule has 1 amide bonds. The maximum absolute atomic E-state index is 14.0. The fourth-order valence-corrected chi connectivity index (χ4v) is 4.81. The van der Waals surface area contributed by atoms with Crippen LogP contribution in [0.3, 0.4) is 0 Å². The molecule has 3 aromatic rings. The molecule has 0 aliphatic rings. The Morgan fingerprint density at radius 2 is 1.89 bits per heavy atom. The number of aromatic nitrogens is 3. The Balaban J connectivity index is 2.20. The minimum Gasteiger partial charge on any atom is -0.465 e. The van der Waals surface area contributed by atoms with Gasteiger partial charge in [0.25, 0.3) is 5.56 Å². The summed E-state index contributed by atoms with van der Waals surface area (Å²) in [6.07, 6.45) is 1.60. The summed E-state index contributed by atoms with van der Waals surface area (Å²) in [7, 11) is 0.0499. The maximum atomic E-state index is 14.0. The van der Waals surface area contributed by atoms with E-state index in [1.54, 1.807) is 16.5 Å². The minimum absolute atomic E-state index is 0.242. The third-order valence-corrected chi connectivity index (χ3v) is 8.05. The van der Waals surface area contributed by atoms with Crippen molar-refractivity contribution in [1.29, 1.82) is 0 Å². The zero-order valence-electron chi connectivity index (χ0n) is 22.7. The lowest BCUT2D eigenvalue weighted by Crippen LogP contribution is -2.23. The first-order valence-corrected chi connectivity index (χ1v) is 16.0. The predicted molar refractivity (Wildman–Crippen MR) is 148 cm³/mol. The van der Waals surface area contributed by atoms with Crippen LogP contribution in [0, 0.1) is 13.8 Å². The average Bonchev–Trinajstić information content (AvgIpc) is 3.10. The van der Waals surface area contributed by atoms with Crippen molar-refractivity contribution in [3.05, 3.63) is 63.9 Å². The van der Waals surface area contributed by atoms with E-state index in [4.69, 9.17) is 14.5 Å². The number of anilines is 1. The van der Waals surface area contributed by atoms with E-state index < -0.39 is 20.0 Å². The van der Waals surface area contributed by atoms with E-state index >= 15 is 0 Å². The van der Waals surface area contributed by atoms with Gasteiger partial charge in [-0.15, -0.1) is 0 Å². The van der Waals surface area contributed by atoms with Crippen LogP contribution in [0.2, 0.25) is 25.7 Å². The molecule has 0 saturated heterocycles. The van der Waals surface area contributed by atoms with E-state index in [1.807, 2.05) is 25.3 Å². The molecule has 1 N–H and O–H groups in total. The first-order chi connectivity index (χ1) is 17.4. The van der Waals surface area contributed by atoms with Gasteiger partial charge in [-0.3, -0.25) is 14.2 Å². The quantitative estimate of drug-likeness (QED) is 0.180. The molecule has 0 atom stereocenters. The first kappa shape index (κ1) is 28.1. The second kappa shape index (κ2) is 11.3.